The highest BCUT2D eigenvalue weighted by Crippen LogP contribution is 2.15. The van der Waals surface area contributed by atoms with Gasteiger partial charge in [0.1, 0.15) is 11.8 Å². The second-order valence-corrected chi connectivity index (χ2v) is 4.51. The van der Waals surface area contributed by atoms with Gasteiger partial charge in [-0.25, -0.2) is 4.79 Å². The van der Waals surface area contributed by atoms with E-state index in [0.717, 1.165) is 5.75 Å². The predicted octanol–water partition coefficient (Wildman–Crippen LogP) is -0.0138. The lowest BCUT2D eigenvalue weighted by atomic mass is 10.2. The van der Waals surface area contributed by atoms with Crippen LogP contribution in [0.15, 0.2) is 24.3 Å². The minimum Gasteiger partial charge on any atom is -0.497 e. The number of primary amides is 1. The van der Waals surface area contributed by atoms with E-state index in [9.17, 15) is 9.59 Å². The summed E-state index contributed by atoms with van der Waals surface area (Å²) in [4.78, 5) is 24.8. The van der Waals surface area contributed by atoms with Gasteiger partial charge in [-0.1, -0.05) is 0 Å². The summed E-state index contributed by atoms with van der Waals surface area (Å²) in [5.74, 6) is 0.269. The summed E-state index contributed by atoms with van der Waals surface area (Å²) >= 11 is 0. The van der Waals surface area contributed by atoms with Crippen LogP contribution >= 0.6 is 0 Å². The van der Waals surface area contributed by atoms with Gasteiger partial charge in [0, 0.05) is 25.3 Å². The SMILES string of the molecule is COc1ccc(NC(=O)N2CCNC(C(N)=O)C2)cc1. The Bertz CT molecular complexity index is 489. The Balaban J connectivity index is 1.95. The summed E-state index contributed by atoms with van der Waals surface area (Å²) in [7, 11) is 1.58. The molecule has 0 aliphatic carbocycles. The monoisotopic (exact) mass is 278 g/mol. The van der Waals surface area contributed by atoms with Gasteiger partial charge in [0.2, 0.25) is 5.91 Å². The molecule has 1 saturated heterocycles. The number of carbonyl (C=O) groups is 2. The zero-order valence-electron chi connectivity index (χ0n) is 11.3. The molecular formula is C13H18N4O3. The maximum atomic E-state index is 12.1. The Morgan fingerprint density at radius 2 is 2.10 bits per heavy atom. The van der Waals surface area contributed by atoms with E-state index in [0.29, 0.717) is 18.8 Å². The van der Waals surface area contributed by atoms with Crippen LogP contribution in [0, 0.1) is 0 Å². The number of nitrogens with one attached hydrogen (secondary N) is 2. The third kappa shape index (κ3) is 3.39. The molecule has 0 radical (unpaired) electrons. The molecule has 1 heterocycles. The topological polar surface area (TPSA) is 96.7 Å². The number of hydrogen-bond donors (Lipinski definition) is 3. The van der Waals surface area contributed by atoms with Gasteiger partial charge in [-0.15, -0.1) is 0 Å². The largest absolute Gasteiger partial charge is 0.497 e. The highest BCUT2D eigenvalue weighted by Gasteiger charge is 2.26. The predicted molar refractivity (Wildman–Crippen MR) is 74.6 cm³/mol. The van der Waals surface area contributed by atoms with E-state index in [4.69, 9.17) is 10.5 Å². The van der Waals surface area contributed by atoms with Crippen LogP contribution in [-0.2, 0) is 4.79 Å². The Morgan fingerprint density at radius 1 is 1.40 bits per heavy atom. The van der Waals surface area contributed by atoms with Crippen molar-refractivity contribution in [1.82, 2.24) is 10.2 Å². The summed E-state index contributed by atoms with van der Waals surface area (Å²) in [6, 6.07) is 6.29. The minimum atomic E-state index is -0.495. The van der Waals surface area contributed by atoms with Crippen LogP contribution in [0.3, 0.4) is 0 Å². The Kier molecular flexibility index (Phi) is 4.41. The van der Waals surface area contributed by atoms with Gasteiger partial charge in [-0.2, -0.15) is 0 Å². The molecule has 0 saturated carbocycles. The third-order valence-electron chi connectivity index (χ3n) is 3.15. The minimum absolute atomic E-state index is 0.247. The lowest BCUT2D eigenvalue weighted by Gasteiger charge is -2.32. The molecule has 1 aromatic carbocycles. The fourth-order valence-electron chi connectivity index (χ4n) is 2.00. The highest BCUT2D eigenvalue weighted by atomic mass is 16.5. The van der Waals surface area contributed by atoms with Crippen LogP contribution in [0.25, 0.3) is 0 Å². The molecule has 7 nitrogen and oxygen atoms in total. The van der Waals surface area contributed by atoms with E-state index in [1.54, 1.807) is 36.3 Å². The number of ether oxygens (including phenoxy) is 1. The van der Waals surface area contributed by atoms with Crippen molar-refractivity contribution in [3.05, 3.63) is 24.3 Å². The van der Waals surface area contributed by atoms with E-state index >= 15 is 0 Å². The summed E-state index contributed by atoms with van der Waals surface area (Å²) < 4.78 is 5.05. The number of rotatable bonds is 3. The summed E-state index contributed by atoms with van der Waals surface area (Å²) in [5.41, 5.74) is 5.91. The number of piperazine rings is 1. The average molecular weight is 278 g/mol. The van der Waals surface area contributed by atoms with Gasteiger partial charge in [0.05, 0.1) is 7.11 Å². The molecule has 0 spiro atoms. The van der Waals surface area contributed by atoms with E-state index in [-0.39, 0.29) is 12.6 Å². The molecule has 1 aliphatic heterocycles. The molecule has 0 bridgehead atoms. The normalized spacial score (nSPS) is 18.4. The molecule has 108 valence electrons. The van der Waals surface area contributed by atoms with E-state index in [2.05, 4.69) is 10.6 Å². The van der Waals surface area contributed by atoms with Crippen LogP contribution in [0.4, 0.5) is 10.5 Å². The fourth-order valence-corrected chi connectivity index (χ4v) is 2.00. The molecule has 1 aromatic rings. The first-order valence-corrected chi connectivity index (χ1v) is 6.33. The molecule has 3 amide bonds. The first-order chi connectivity index (χ1) is 9.60. The van der Waals surface area contributed by atoms with Crippen LogP contribution < -0.4 is 21.1 Å². The number of anilines is 1. The number of carbonyl (C=O) groups excluding carboxylic acids is 2. The Morgan fingerprint density at radius 3 is 2.70 bits per heavy atom. The highest BCUT2D eigenvalue weighted by molar-refractivity contribution is 5.90. The molecule has 2 rings (SSSR count). The van der Waals surface area contributed by atoms with E-state index in [1.165, 1.54) is 0 Å². The van der Waals surface area contributed by atoms with Crippen LogP contribution in [0.1, 0.15) is 0 Å². The molecule has 1 atom stereocenters. The molecule has 4 N–H and O–H groups in total. The molecular weight excluding hydrogens is 260 g/mol. The molecule has 0 aromatic heterocycles. The maximum Gasteiger partial charge on any atom is 0.321 e. The van der Waals surface area contributed by atoms with Gasteiger partial charge >= 0.3 is 6.03 Å². The van der Waals surface area contributed by atoms with Gasteiger partial charge in [-0.3, -0.25) is 4.79 Å². The lowest BCUT2D eigenvalue weighted by molar-refractivity contribution is -0.120. The molecule has 20 heavy (non-hydrogen) atoms. The summed E-state index contributed by atoms with van der Waals surface area (Å²) in [6.45, 7) is 1.35. The molecule has 1 fully saturated rings. The van der Waals surface area contributed by atoms with Gasteiger partial charge in [-0.05, 0) is 24.3 Å². The Labute approximate surface area is 117 Å². The van der Waals surface area contributed by atoms with Crippen molar-refractivity contribution in [2.45, 2.75) is 6.04 Å². The standard InChI is InChI=1S/C13H18N4O3/c1-20-10-4-2-9(3-5-10)16-13(19)17-7-6-15-11(8-17)12(14)18/h2-5,11,15H,6-8H2,1H3,(H2,14,18)(H,16,19). The van der Waals surface area contributed by atoms with Crippen LogP contribution in [0.5, 0.6) is 5.75 Å². The van der Waals surface area contributed by atoms with Crippen molar-refractivity contribution in [3.63, 3.8) is 0 Å². The Hall–Kier alpha value is -2.28. The van der Waals surface area contributed by atoms with Crippen molar-refractivity contribution in [3.8, 4) is 5.75 Å². The second-order valence-electron chi connectivity index (χ2n) is 4.51. The molecule has 1 aliphatic rings. The number of methoxy groups -OCH3 is 1. The zero-order chi connectivity index (χ0) is 14.5. The van der Waals surface area contributed by atoms with Crippen molar-refractivity contribution < 1.29 is 14.3 Å². The van der Waals surface area contributed by atoms with Gasteiger partial charge < -0.3 is 26.0 Å². The van der Waals surface area contributed by atoms with E-state index in [1.807, 2.05) is 0 Å². The van der Waals surface area contributed by atoms with Crippen LogP contribution in [0.2, 0.25) is 0 Å². The first-order valence-electron chi connectivity index (χ1n) is 6.33. The molecule has 7 heteroatoms. The van der Waals surface area contributed by atoms with Crippen molar-refractivity contribution in [2.75, 3.05) is 32.1 Å². The fraction of sp³-hybridized carbons (Fsp3) is 0.385. The number of hydrogen-bond acceptors (Lipinski definition) is 4. The number of benzene rings is 1. The van der Waals surface area contributed by atoms with Crippen molar-refractivity contribution in [1.29, 1.82) is 0 Å². The quantitative estimate of drug-likeness (QED) is 0.724. The smallest absolute Gasteiger partial charge is 0.321 e. The molecule has 1 unspecified atom stereocenters. The average Bonchev–Trinajstić information content (AvgIpc) is 2.48. The van der Waals surface area contributed by atoms with Crippen LogP contribution in [-0.4, -0.2) is 49.6 Å². The van der Waals surface area contributed by atoms with Gasteiger partial charge in [0.25, 0.3) is 0 Å². The maximum absolute atomic E-state index is 12.1. The third-order valence-corrected chi connectivity index (χ3v) is 3.15. The summed E-state index contributed by atoms with van der Waals surface area (Å²) in [5, 5.41) is 5.74. The summed E-state index contributed by atoms with van der Waals surface area (Å²) in [6.07, 6.45) is 0. The van der Waals surface area contributed by atoms with E-state index < -0.39 is 11.9 Å². The lowest BCUT2D eigenvalue weighted by Crippen LogP contribution is -2.58. The number of nitrogens with zero attached hydrogens (tertiary/aromatic N) is 1. The van der Waals surface area contributed by atoms with Crippen molar-refractivity contribution in [2.24, 2.45) is 5.73 Å². The number of nitrogens with two attached hydrogens (primary N) is 1. The zero-order valence-corrected chi connectivity index (χ0v) is 11.3. The van der Waals surface area contributed by atoms with Crippen molar-refractivity contribution >= 4 is 17.6 Å². The van der Waals surface area contributed by atoms with Gasteiger partial charge in [0.15, 0.2) is 0 Å². The first kappa shape index (κ1) is 14.1. The second kappa shape index (κ2) is 6.25. The number of amides is 3. The number of urea groups is 1.